The first-order valence-electron chi connectivity index (χ1n) is 21.3. The minimum absolute atomic E-state index is 1.08. The number of para-hydroxylation sites is 2. The maximum atomic E-state index is 2.39. The van der Waals surface area contributed by atoms with Gasteiger partial charge in [-0.25, -0.2) is 0 Å². The molecule has 10 aromatic carbocycles. The van der Waals surface area contributed by atoms with Gasteiger partial charge in [-0.2, -0.15) is 0 Å². The molecule has 2 nitrogen and oxygen atoms in total. The highest BCUT2D eigenvalue weighted by Crippen LogP contribution is 2.43. The van der Waals surface area contributed by atoms with Crippen molar-refractivity contribution in [2.75, 3.05) is 4.90 Å². The van der Waals surface area contributed by atoms with E-state index in [0.29, 0.717) is 0 Å². The predicted molar refractivity (Wildman–Crippen MR) is 263 cm³/mol. The van der Waals surface area contributed by atoms with Gasteiger partial charge >= 0.3 is 0 Å². The lowest BCUT2D eigenvalue weighted by molar-refractivity contribution is 1.18. The molecule has 11 aromatic rings. The van der Waals surface area contributed by atoms with Crippen molar-refractivity contribution in [3.63, 3.8) is 0 Å². The molecule has 62 heavy (non-hydrogen) atoms. The molecule has 0 amide bonds. The molecule has 1 heterocycles. The number of fused-ring (bicyclic) bond motifs is 3. The minimum atomic E-state index is 1.08. The molecular formula is C60H42N2. The first-order valence-corrected chi connectivity index (χ1v) is 21.3. The van der Waals surface area contributed by atoms with Crippen LogP contribution in [0.25, 0.3) is 83.1 Å². The van der Waals surface area contributed by atoms with Crippen molar-refractivity contribution in [1.82, 2.24) is 4.57 Å². The van der Waals surface area contributed by atoms with Crippen molar-refractivity contribution in [3.8, 4) is 61.3 Å². The third-order valence-electron chi connectivity index (χ3n) is 12.0. The van der Waals surface area contributed by atoms with Crippen molar-refractivity contribution in [2.45, 2.75) is 0 Å². The van der Waals surface area contributed by atoms with Gasteiger partial charge < -0.3 is 9.47 Å². The van der Waals surface area contributed by atoms with Crippen LogP contribution in [0.1, 0.15) is 0 Å². The van der Waals surface area contributed by atoms with Gasteiger partial charge in [-0.15, -0.1) is 0 Å². The molecular weight excluding hydrogens is 749 g/mol. The molecule has 0 bridgehead atoms. The van der Waals surface area contributed by atoms with Crippen LogP contribution in [0.15, 0.2) is 255 Å². The molecule has 11 rings (SSSR count). The summed E-state index contributed by atoms with van der Waals surface area (Å²) in [5.41, 5.74) is 18.8. The second-order valence-electron chi connectivity index (χ2n) is 15.7. The van der Waals surface area contributed by atoms with Crippen LogP contribution in [-0.2, 0) is 0 Å². The molecule has 2 heteroatoms. The summed E-state index contributed by atoms with van der Waals surface area (Å²) >= 11 is 0. The Labute approximate surface area is 362 Å². The normalized spacial score (nSPS) is 11.2. The van der Waals surface area contributed by atoms with Gasteiger partial charge in [0.05, 0.1) is 11.0 Å². The monoisotopic (exact) mass is 790 g/mol. The maximum Gasteiger partial charge on any atom is 0.0547 e. The van der Waals surface area contributed by atoms with E-state index in [0.717, 1.165) is 28.3 Å². The Morgan fingerprint density at radius 1 is 0.258 bits per heavy atom. The summed E-state index contributed by atoms with van der Waals surface area (Å²) in [5, 5.41) is 2.49. The van der Waals surface area contributed by atoms with Crippen LogP contribution in [-0.4, -0.2) is 4.57 Å². The number of anilines is 3. The van der Waals surface area contributed by atoms with E-state index in [-0.39, 0.29) is 0 Å². The van der Waals surface area contributed by atoms with Crippen molar-refractivity contribution in [2.24, 2.45) is 0 Å². The second kappa shape index (κ2) is 16.1. The summed E-state index contributed by atoms with van der Waals surface area (Å²) in [7, 11) is 0. The van der Waals surface area contributed by atoms with E-state index in [1.807, 2.05) is 0 Å². The zero-order chi connectivity index (χ0) is 41.2. The van der Waals surface area contributed by atoms with Crippen LogP contribution in [0.5, 0.6) is 0 Å². The van der Waals surface area contributed by atoms with E-state index in [9.17, 15) is 0 Å². The predicted octanol–water partition coefficient (Wildman–Crippen LogP) is 16.6. The topological polar surface area (TPSA) is 8.17 Å². The Hall–Kier alpha value is -8.20. The summed E-state index contributed by atoms with van der Waals surface area (Å²) in [5.74, 6) is 0. The summed E-state index contributed by atoms with van der Waals surface area (Å²) in [6.45, 7) is 0. The third kappa shape index (κ3) is 6.84. The van der Waals surface area contributed by atoms with Crippen LogP contribution < -0.4 is 4.90 Å². The van der Waals surface area contributed by atoms with Gasteiger partial charge in [0.15, 0.2) is 0 Å². The quantitative estimate of drug-likeness (QED) is 0.141. The summed E-state index contributed by atoms with van der Waals surface area (Å²) < 4.78 is 2.39. The molecule has 0 N–H and O–H groups in total. The molecule has 0 aliphatic carbocycles. The highest BCUT2D eigenvalue weighted by molar-refractivity contribution is 6.16. The summed E-state index contributed by atoms with van der Waals surface area (Å²) in [6.07, 6.45) is 0. The first-order chi connectivity index (χ1) is 30.8. The van der Waals surface area contributed by atoms with Crippen LogP contribution in [0.4, 0.5) is 17.1 Å². The highest BCUT2D eigenvalue weighted by Gasteiger charge is 2.19. The van der Waals surface area contributed by atoms with Crippen LogP contribution >= 0.6 is 0 Å². The van der Waals surface area contributed by atoms with Gasteiger partial charge in [0.1, 0.15) is 0 Å². The van der Waals surface area contributed by atoms with Gasteiger partial charge in [-0.1, -0.05) is 188 Å². The lowest BCUT2D eigenvalue weighted by atomic mass is 9.94. The number of benzene rings is 10. The van der Waals surface area contributed by atoms with E-state index in [1.54, 1.807) is 0 Å². The number of hydrogen-bond acceptors (Lipinski definition) is 1. The Morgan fingerprint density at radius 2 is 0.710 bits per heavy atom. The Balaban J connectivity index is 1.03. The highest BCUT2D eigenvalue weighted by atomic mass is 15.1. The molecule has 0 unspecified atom stereocenters. The van der Waals surface area contributed by atoms with Crippen molar-refractivity contribution < 1.29 is 0 Å². The molecule has 0 saturated heterocycles. The standard InChI is InChI=1S/C60H42N2/c1-4-17-43(18-5-1)47-21-14-22-48(41-47)44-33-37-51(38-34-44)61(52-39-35-46(36-40-52)55-28-11-10-27-54(55)45-19-6-2-7-20-45)53-26-15-23-49(42-53)56-30-16-32-59-60(56)57-29-12-13-31-58(57)62(59)50-24-8-3-9-25-50/h1-42H. The van der Waals surface area contributed by atoms with Crippen LogP contribution in [0.3, 0.4) is 0 Å². The number of aromatic nitrogens is 1. The van der Waals surface area contributed by atoms with Crippen LogP contribution in [0.2, 0.25) is 0 Å². The lowest BCUT2D eigenvalue weighted by Gasteiger charge is -2.26. The van der Waals surface area contributed by atoms with Crippen molar-refractivity contribution in [3.05, 3.63) is 255 Å². The fourth-order valence-corrected chi connectivity index (χ4v) is 9.08. The smallest absolute Gasteiger partial charge is 0.0547 e. The fraction of sp³-hybridized carbons (Fsp3) is 0. The van der Waals surface area contributed by atoms with Gasteiger partial charge in [0, 0.05) is 33.5 Å². The number of hydrogen-bond donors (Lipinski definition) is 0. The van der Waals surface area contributed by atoms with Crippen molar-refractivity contribution >= 4 is 38.9 Å². The molecule has 0 atom stereocenters. The Bertz CT molecular complexity index is 3310. The van der Waals surface area contributed by atoms with E-state index in [2.05, 4.69) is 264 Å². The molecule has 0 aliphatic rings. The molecule has 1 aromatic heterocycles. The molecule has 0 aliphatic heterocycles. The lowest BCUT2D eigenvalue weighted by Crippen LogP contribution is -2.10. The fourth-order valence-electron chi connectivity index (χ4n) is 9.08. The average Bonchev–Trinajstić information content (AvgIpc) is 3.70. The Morgan fingerprint density at radius 3 is 1.39 bits per heavy atom. The molecule has 0 saturated carbocycles. The summed E-state index contributed by atoms with van der Waals surface area (Å²) in [4.78, 5) is 2.38. The van der Waals surface area contributed by atoms with E-state index < -0.39 is 0 Å². The SMILES string of the molecule is c1ccc(-c2cccc(-c3ccc(N(c4ccc(-c5ccccc5-c5ccccc5)cc4)c4cccc(-c5cccc6c5c5ccccc5n6-c5ccccc5)c4)cc3)c2)cc1. The molecule has 0 radical (unpaired) electrons. The van der Waals surface area contributed by atoms with E-state index in [1.165, 1.54) is 71.9 Å². The minimum Gasteiger partial charge on any atom is -0.310 e. The molecule has 292 valence electrons. The maximum absolute atomic E-state index is 2.39. The van der Waals surface area contributed by atoms with Gasteiger partial charge in [0.2, 0.25) is 0 Å². The average molecular weight is 791 g/mol. The Kier molecular flexibility index (Phi) is 9.57. The third-order valence-corrected chi connectivity index (χ3v) is 12.0. The van der Waals surface area contributed by atoms with Crippen LogP contribution in [0, 0.1) is 0 Å². The zero-order valence-electron chi connectivity index (χ0n) is 34.1. The van der Waals surface area contributed by atoms with Crippen molar-refractivity contribution in [1.29, 1.82) is 0 Å². The van der Waals surface area contributed by atoms with E-state index >= 15 is 0 Å². The van der Waals surface area contributed by atoms with E-state index in [4.69, 9.17) is 0 Å². The van der Waals surface area contributed by atoms with Gasteiger partial charge in [-0.3, -0.25) is 0 Å². The van der Waals surface area contributed by atoms with Gasteiger partial charge in [0.25, 0.3) is 0 Å². The number of nitrogens with zero attached hydrogens (tertiary/aromatic N) is 2. The largest absolute Gasteiger partial charge is 0.310 e. The zero-order valence-corrected chi connectivity index (χ0v) is 34.1. The van der Waals surface area contributed by atoms with Gasteiger partial charge in [-0.05, 0) is 122 Å². The second-order valence-corrected chi connectivity index (χ2v) is 15.7. The first kappa shape index (κ1) is 36.8. The molecule has 0 spiro atoms. The molecule has 0 fully saturated rings. The summed E-state index contributed by atoms with van der Waals surface area (Å²) in [6, 6.07) is 92.0. The number of rotatable bonds is 9.